The fourth-order valence-electron chi connectivity index (χ4n) is 7.45. The van der Waals surface area contributed by atoms with Crippen LogP contribution in [0.15, 0.2) is 22.8 Å². The van der Waals surface area contributed by atoms with Crippen LogP contribution in [-0.4, -0.2) is 31.9 Å². The van der Waals surface area contributed by atoms with Crippen molar-refractivity contribution < 1.29 is 14.3 Å². The number of unbranched alkanes of at least 4 members (excludes halogenated alkanes) is 3. The van der Waals surface area contributed by atoms with Crippen molar-refractivity contribution in [2.45, 2.75) is 129 Å². The Morgan fingerprint density at radius 1 is 1.06 bits per heavy atom. The first kappa shape index (κ1) is 26.4. The molecule has 0 amide bonds. The van der Waals surface area contributed by atoms with Gasteiger partial charge in [-0.1, -0.05) is 52.5 Å². The monoisotopic (exact) mass is 486 g/mol. The summed E-state index contributed by atoms with van der Waals surface area (Å²) in [5, 5.41) is 11.3. The maximum absolute atomic E-state index is 12.1. The van der Waals surface area contributed by atoms with Gasteiger partial charge in [0.05, 0.1) is 6.10 Å². The zero-order valence-corrected chi connectivity index (χ0v) is 23.8. The Balaban J connectivity index is 1.38. The standard InChI is InChI=1S/C30H50O3Si/c1-29(2,3)34(5,6)33-18-10-8-7-9-11-22-20-30(4)26(16-17-27(30)32)25-14-12-21-19-23(31)13-15-24(21)28(22)25/h19,22,25-27,32H,7-18,20H2,1-6H3/t22-,25-,26-,27-,30-/m0/s1. The summed E-state index contributed by atoms with van der Waals surface area (Å²) in [5.41, 5.74) is 4.73. The number of rotatable bonds is 8. The fourth-order valence-corrected chi connectivity index (χ4v) is 8.54. The second-order valence-corrected chi connectivity index (χ2v) is 18.4. The van der Waals surface area contributed by atoms with E-state index in [0.717, 1.165) is 32.3 Å². The van der Waals surface area contributed by atoms with Gasteiger partial charge in [-0.2, -0.15) is 0 Å². The van der Waals surface area contributed by atoms with Gasteiger partial charge >= 0.3 is 0 Å². The van der Waals surface area contributed by atoms with Crippen LogP contribution in [0.5, 0.6) is 0 Å². The van der Waals surface area contributed by atoms with Gasteiger partial charge in [-0.05, 0) is 110 Å². The van der Waals surface area contributed by atoms with E-state index in [1.807, 2.05) is 6.08 Å². The van der Waals surface area contributed by atoms with Gasteiger partial charge < -0.3 is 9.53 Å². The summed E-state index contributed by atoms with van der Waals surface area (Å²) in [6.45, 7) is 14.9. The summed E-state index contributed by atoms with van der Waals surface area (Å²) < 4.78 is 6.37. The molecule has 0 aromatic carbocycles. The molecule has 0 unspecified atom stereocenters. The van der Waals surface area contributed by atoms with Crippen molar-refractivity contribution in [3.8, 4) is 0 Å². The minimum atomic E-state index is -1.63. The second kappa shape index (κ2) is 9.98. The molecule has 3 nitrogen and oxygen atoms in total. The Morgan fingerprint density at radius 2 is 1.79 bits per heavy atom. The van der Waals surface area contributed by atoms with E-state index in [9.17, 15) is 9.90 Å². The first-order chi connectivity index (χ1) is 15.9. The van der Waals surface area contributed by atoms with Crippen LogP contribution < -0.4 is 0 Å². The van der Waals surface area contributed by atoms with Gasteiger partial charge in [-0.25, -0.2) is 0 Å². The molecule has 0 radical (unpaired) electrons. The number of aliphatic hydroxyl groups excluding tert-OH is 1. The van der Waals surface area contributed by atoms with Gasteiger partial charge in [0.2, 0.25) is 0 Å². The maximum Gasteiger partial charge on any atom is 0.191 e. The summed E-state index contributed by atoms with van der Waals surface area (Å²) in [6, 6.07) is 0. The van der Waals surface area contributed by atoms with Gasteiger partial charge in [0, 0.05) is 13.0 Å². The van der Waals surface area contributed by atoms with Crippen LogP contribution in [0.2, 0.25) is 18.1 Å². The topological polar surface area (TPSA) is 46.5 Å². The summed E-state index contributed by atoms with van der Waals surface area (Å²) in [6.07, 6.45) is 15.2. The zero-order valence-electron chi connectivity index (χ0n) is 22.8. The van der Waals surface area contributed by atoms with Crippen LogP contribution in [0.3, 0.4) is 0 Å². The van der Waals surface area contributed by atoms with E-state index >= 15 is 0 Å². The normalized spacial score (nSPS) is 34.0. The summed E-state index contributed by atoms with van der Waals surface area (Å²) >= 11 is 0. The third-order valence-corrected chi connectivity index (χ3v) is 15.0. The largest absolute Gasteiger partial charge is 0.417 e. The lowest BCUT2D eigenvalue weighted by Gasteiger charge is -2.52. The molecule has 4 aliphatic rings. The number of allylic oxidation sites excluding steroid dienone is 4. The lowest BCUT2D eigenvalue weighted by Crippen LogP contribution is -2.45. The number of ketones is 1. The number of carbonyl (C=O) groups excluding carboxylic acids is 1. The molecule has 2 saturated carbocycles. The molecule has 34 heavy (non-hydrogen) atoms. The Hall–Kier alpha value is -0.713. The van der Waals surface area contributed by atoms with E-state index < -0.39 is 8.32 Å². The Bertz CT molecular complexity index is 832. The van der Waals surface area contributed by atoms with Crippen molar-refractivity contribution in [1.82, 2.24) is 0 Å². The highest BCUT2D eigenvalue weighted by Crippen LogP contribution is 2.62. The molecular weight excluding hydrogens is 436 g/mol. The number of fused-ring (bicyclic) bond motifs is 4. The average Bonchev–Trinajstić information content (AvgIpc) is 3.05. The molecule has 0 aromatic heterocycles. The molecular formula is C30H50O3Si. The maximum atomic E-state index is 12.1. The van der Waals surface area contributed by atoms with E-state index in [1.54, 1.807) is 11.1 Å². The highest BCUT2D eigenvalue weighted by Gasteiger charge is 2.55. The lowest BCUT2D eigenvalue weighted by atomic mass is 9.53. The van der Waals surface area contributed by atoms with Gasteiger partial charge in [0.1, 0.15) is 0 Å². The second-order valence-electron chi connectivity index (χ2n) is 13.6. The third kappa shape index (κ3) is 5.06. The molecule has 0 spiro atoms. The average molecular weight is 487 g/mol. The molecule has 0 aliphatic heterocycles. The third-order valence-electron chi connectivity index (χ3n) is 10.5. The summed E-state index contributed by atoms with van der Waals surface area (Å²) in [4.78, 5) is 12.1. The smallest absolute Gasteiger partial charge is 0.191 e. The van der Waals surface area contributed by atoms with E-state index in [2.05, 4.69) is 40.8 Å². The molecule has 4 rings (SSSR count). The summed E-state index contributed by atoms with van der Waals surface area (Å²) in [5.74, 6) is 2.19. The van der Waals surface area contributed by atoms with Crippen molar-refractivity contribution in [1.29, 1.82) is 0 Å². The Morgan fingerprint density at radius 3 is 2.53 bits per heavy atom. The van der Waals surface area contributed by atoms with Crippen LogP contribution >= 0.6 is 0 Å². The molecule has 0 saturated heterocycles. The molecule has 2 fully saturated rings. The van der Waals surface area contributed by atoms with Crippen LogP contribution in [0.25, 0.3) is 0 Å². The first-order valence-corrected chi connectivity index (χ1v) is 17.1. The van der Waals surface area contributed by atoms with Crippen molar-refractivity contribution in [3.05, 3.63) is 22.8 Å². The van der Waals surface area contributed by atoms with Gasteiger partial charge in [0.25, 0.3) is 0 Å². The lowest BCUT2D eigenvalue weighted by molar-refractivity contribution is -0.114. The van der Waals surface area contributed by atoms with Gasteiger partial charge in [-0.15, -0.1) is 0 Å². The molecule has 4 aliphatic carbocycles. The number of hydrogen-bond acceptors (Lipinski definition) is 3. The van der Waals surface area contributed by atoms with E-state index in [4.69, 9.17) is 4.43 Å². The predicted molar refractivity (Wildman–Crippen MR) is 143 cm³/mol. The molecule has 192 valence electrons. The number of carbonyl (C=O) groups is 1. The van der Waals surface area contributed by atoms with E-state index in [1.165, 1.54) is 50.5 Å². The van der Waals surface area contributed by atoms with Crippen LogP contribution in [0.4, 0.5) is 0 Å². The number of aliphatic hydroxyl groups is 1. The van der Waals surface area contributed by atoms with Gasteiger partial charge in [-0.3, -0.25) is 4.79 Å². The molecule has 4 heteroatoms. The Labute approximate surface area is 209 Å². The van der Waals surface area contributed by atoms with Crippen LogP contribution in [0.1, 0.15) is 105 Å². The summed E-state index contributed by atoms with van der Waals surface area (Å²) in [7, 11) is -1.63. The van der Waals surface area contributed by atoms with Crippen molar-refractivity contribution >= 4 is 14.1 Å². The van der Waals surface area contributed by atoms with Crippen molar-refractivity contribution in [2.75, 3.05) is 6.61 Å². The first-order valence-electron chi connectivity index (χ1n) is 14.2. The van der Waals surface area contributed by atoms with Crippen molar-refractivity contribution in [3.63, 3.8) is 0 Å². The quantitative estimate of drug-likeness (QED) is 0.282. The minimum Gasteiger partial charge on any atom is -0.417 e. The molecule has 0 heterocycles. The van der Waals surface area contributed by atoms with Gasteiger partial charge in [0.15, 0.2) is 14.1 Å². The fraction of sp³-hybridized carbons (Fsp3) is 0.833. The molecule has 0 aromatic rings. The van der Waals surface area contributed by atoms with E-state index in [-0.39, 0.29) is 16.6 Å². The molecule has 5 atom stereocenters. The van der Waals surface area contributed by atoms with Crippen molar-refractivity contribution in [2.24, 2.45) is 23.2 Å². The minimum absolute atomic E-state index is 0.0854. The molecule has 1 N–H and O–H groups in total. The molecule has 0 bridgehead atoms. The highest BCUT2D eigenvalue weighted by atomic mass is 28.4. The van der Waals surface area contributed by atoms with Crippen LogP contribution in [-0.2, 0) is 9.22 Å². The van der Waals surface area contributed by atoms with Crippen LogP contribution in [0, 0.1) is 23.2 Å². The number of hydrogen-bond donors (Lipinski definition) is 1. The SMILES string of the molecule is CC(C)(C)[Si](C)(C)OCCCCCC[C@H]1C[C@]2(C)[C@@H](O)CC[C@H]2[C@@H]2CCC3=CC(=O)CCC3=C12. The predicted octanol–water partition coefficient (Wildman–Crippen LogP) is 7.75. The highest BCUT2D eigenvalue weighted by molar-refractivity contribution is 6.74. The zero-order chi connectivity index (χ0) is 24.7. The van der Waals surface area contributed by atoms with E-state index in [0.29, 0.717) is 30.0 Å². The Kier molecular flexibility index (Phi) is 7.73.